The molecule has 6 nitrogen and oxygen atoms in total. The maximum atomic E-state index is 12.6. The minimum Gasteiger partial charge on any atom is -0.331 e. The number of hydrogen-bond acceptors (Lipinski definition) is 4. The summed E-state index contributed by atoms with van der Waals surface area (Å²) < 4.78 is 1.86. The van der Waals surface area contributed by atoms with Crippen LogP contribution in [0.1, 0.15) is 28.1 Å². The smallest absolute Gasteiger partial charge is 0.319 e. The second-order valence-electron chi connectivity index (χ2n) is 8.17. The number of aromatic nitrogens is 3. The van der Waals surface area contributed by atoms with Gasteiger partial charge in [0.15, 0.2) is 11.0 Å². The van der Waals surface area contributed by atoms with Crippen LogP contribution < -0.4 is 10.6 Å². The lowest BCUT2D eigenvalue weighted by atomic mass is 10.1. The second-order valence-corrected chi connectivity index (χ2v) is 9.96. The van der Waals surface area contributed by atoms with Crippen molar-refractivity contribution in [1.29, 1.82) is 0 Å². The van der Waals surface area contributed by atoms with Gasteiger partial charge in [0.25, 0.3) is 0 Å². The Morgan fingerprint density at radius 3 is 2.51 bits per heavy atom. The van der Waals surface area contributed by atoms with Crippen LogP contribution in [0.5, 0.6) is 0 Å². The minimum atomic E-state index is -0.331. The summed E-state index contributed by atoms with van der Waals surface area (Å²) in [6.07, 6.45) is 0. The number of aryl methyl sites for hydroxylation is 3. The van der Waals surface area contributed by atoms with Crippen LogP contribution in [0.2, 0.25) is 10.0 Å². The summed E-state index contributed by atoms with van der Waals surface area (Å²) in [6.45, 7) is 6.22. The van der Waals surface area contributed by atoms with Gasteiger partial charge in [-0.2, -0.15) is 0 Å². The van der Waals surface area contributed by atoms with E-state index in [-0.39, 0.29) is 12.6 Å². The highest BCUT2D eigenvalue weighted by atomic mass is 35.5. The Kier molecular flexibility index (Phi) is 8.00. The van der Waals surface area contributed by atoms with Gasteiger partial charge in [0.1, 0.15) is 0 Å². The van der Waals surface area contributed by atoms with Crippen LogP contribution in [0.25, 0.3) is 5.69 Å². The molecule has 4 rings (SSSR count). The molecular formula is C26H25Cl2N5OS. The predicted molar refractivity (Wildman–Crippen MR) is 144 cm³/mol. The van der Waals surface area contributed by atoms with Crippen molar-refractivity contribution < 1.29 is 4.79 Å². The lowest BCUT2D eigenvalue weighted by Gasteiger charge is -2.14. The van der Waals surface area contributed by atoms with Crippen molar-refractivity contribution in [2.75, 3.05) is 5.32 Å². The summed E-state index contributed by atoms with van der Waals surface area (Å²) in [5.41, 5.74) is 6.00. The van der Waals surface area contributed by atoms with Crippen LogP contribution in [0.4, 0.5) is 10.5 Å². The molecule has 0 radical (unpaired) electrons. The first kappa shape index (κ1) is 25.1. The van der Waals surface area contributed by atoms with Gasteiger partial charge in [-0.3, -0.25) is 4.57 Å². The molecule has 0 atom stereocenters. The molecule has 9 heteroatoms. The Hall–Kier alpha value is -3.00. The van der Waals surface area contributed by atoms with Crippen molar-refractivity contribution in [3.8, 4) is 5.69 Å². The van der Waals surface area contributed by atoms with Gasteiger partial charge in [-0.15, -0.1) is 10.2 Å². The fourth-order valence-electron chi connectivity index (χ4n) is 3.61. The quantitative estimate of drug-likeness (QED) is 0.252. The van der Waals surface area contributed by atoms with Gasteiger partial charge < -0.3 is 10.6 Å². The summed E-state index contributed by atoms with van der Waals surface area (Å²) in [5.74, 6) is 1.27. The molecule has 3 aromatic carbocycles. The third-order valence-electron chi connectivity index (χ3n) is 5.51. The highest BCUT2D eigenvalue weighted by Crippen LogP contribution is 2.31. The van der Waals surface area contributed by atoms with Gasteiger partial charge in [0.05, 0.1) is 17.3 Å². The Morgan fingerprint density at radius 1 is 0.971 bits per heavy atom. The van der Waals surface area contributed by atoms with Crippen LogP contribution >= 0.6 is 35.0 Å². The minimum absolute atomic E-state index is 0.160. The maximum absolute atomic E-state index is 12.6. The van der Waals surface area contributed by atoms with E-state index in [1.165, 1.54) is 11.1 Å². The monoisotopic (exact) mass is 525 g/mol. The Balaban J connectivity index is 1.56. The fraction of sp³-hybridized carbons (Fsp3) is 0.192. The van der Waals surface area contributed by atoms with E-state index in [0.29, 0.717) is 26.7 Å². The molecule has 0 saturated carbocycles. The summed E-state index contributed by atoms with van der Waals surface area (Å²) in [6, 6.07) is 19.0. The molecule has 0 fully saturated rings. The van der Waals surface area contributed by atoms with E-state index in [9.17, 15) is 4.79 Å². The van der Waals surface area contributed by atoms with Crippen molar-refractivity contribution in [3.05, 3.63) is 98.8 Å². The van der Waals surface area contributed by atoms with Gasteiger partial charge >= 0.3 is 6.03 Å². The van der Waals surface area contributed by atoms with E-state index < -0.39 is 0 Å². The number of benzene rings is 3. The number of carbonyl (C=O) groups excluding carboxylic acids is 1. The van der Waals surface area contributed by atoms with Crippen LogP contribution in [0.3, 0.4) is 0 Å². The van der Waals surface area contributed by atoms with Crippen LogP contribution in [-0.2, 0) is 12.3 Å². The van der Waals surface area contributed by atoms with E-state index in [2.05, 4.69) is 39.9 Å². The molecular weight excluding hydrogens is 501 g/mol. The third-order valence-corrected chi connectivity index (χ3v) is 7.02. The molecule has 0 aliphatic carbocycles. The number of halogens is 2. The number of nitrogens with one attached hydrogen (secondary N) is 2. The number of rotatable bonds is 7. The second kappa shape index (κ2) is 11.2. The average Bonchev–Trinajstić information content (AvgIpc) is 3.21. The molecule has 0 aliphatic rings. The van der Waals surface area contributed by atoms with Crippen LogP contribution in [0, 0.1) is 20.8 Å². The number of carbonyl (C=O) groups is 1. The first-order valence-corrected chi connectivity index (χ1v) is 12.7. The number of anilines is 1. The van der Waals surface area contributed by atoms with E-state index in [1.807, 2.05) is 54.8 Å². The molecule has 1 aromatic heterocycles. The normalized spacial score (nSPS) is 10.9. The van der Waals surface area contributed by atoms with Gasteiger partial charge in [-0.05, 0) is 61.7 Å². The standard InChI is InChI=1S/C26H25Cl2N5OS/c1-16-8-10-22(18(3)12-16)30-25(34)29-14-24-31-32-26(35-15-19-7-5-4-6-17(19)2)33(24)23-11-9-20(27)13-21(23)28/h4-13H,14-15H2,1-3H3,(H2,29,30,34). The maximum Gasteiger partial charge on any atom is 0.319 e. The molecule has 35 heavy (non-hydrogen) atoms. The summed E-state index contributed by atoms with van der Waals surface area (Å²) in [4.78, 5) is 12.6. The molecule has 1 heterocycles. The summed E-state index contributed by atoms with van der Waals surface area (Å²) in [5, 5.41) is 16.2. The van der Waals surface area contributed by atoms with Crippen LogP contribution in [-0.4, -0.2) is 20.8 Å². The van der Waals surface area contributed by atoms with Crippen molar-refractivity contribution >= 4 is 46.7 Å². The molecule has 2 amide bonds. The van der Waals surface area contributed by atoms with Crippen LogP contribution in [0.15, 0.2) is 65.8 Å². The van der Waals surface area contributed by atoms with E-state index >= 15 is 0 Å². The van der Waals surface area contributed by atoms with E-state index in [1.54, 1.807) is 23.9 Å². The Morgan fingerprint density at radius 2 is 1.77 bits per heavy atom. The molecule has 2 N–H and O–H groups in total. The number of amides is 2. The topological polar surface area (TPSA) is 71.8 Å². The molecule has 0 aliphatic heterocycles. The zero-order chi connectivity index (χ0) is 24.9. The number of hydrogen-bond donors (Lipinski definition) is 2. The van der Waals surface area contributed by atoms with Gasteiger partial charge in [0.2, 0.25) is 0 Å². The summed E-state index contributed by atoms with van der Waals surface area (Å²) in [7, 11) is 0. The van der Waals surface area contributed by atoms with E-state index in [4.69, 9.17) is 23.2 Å². The largest absolute Gasteiger partial charge is 0.331 e. The number of thioether (sulfide) groups is 1. The van der Waals surface area contributed by atoms with Gasteiger partial charge in [-0.1, -0.05) is 76.9 Å². The zero-order valence-electron chi connectivity index (χ0n) is 19.6. The summed E-state index contributed by atoms with van der Waals surface area (Å²) >= 11 is 14.2. The van der Waals surface area contributed by atoms with Gasteiger partial charge in [0, 0.05) is 16.5 Å². The van der Waals surface area contributed by atoms with Crippen molar-refractivity contribution in [2.24, 2.45) is 0 Å². The molecule has 4 aromatic rings. The molecule has 180 valence electrons. The highest BCUT2D eigenvalue weighted by molar-refractivity contribution is 7.98. The first-order chi connectivity index (χ1) is 16.8. The Labute approximate surface area is 219 Å². The average molecular weight is 526 g/mol. The molecule has 0 bridgehead atoms. The highest BCUT2D eigenvalue weighted by Gasteiger charge is 2.18. The lowest BCUT2D eigenvalue weighted by molar-refractivity contribution is 0.251. The SMILES string of the molecule is Cc1ccc(NC(=O)NCc2nnc(SCc3ccccc3C)n2-c2ccc(Cl)cc2Cl)c(C)c1. The first-order valence-electron chi connectivity index (χ1n) is 11.0. The zero-order valence-corrected chi connectivity index (χ0v) is 21.9. The van der Waals surface area contributed by atoms with E-state index in [0.717, 1.165) is 22.6 Å². The fourth-order valence-corrected chi connectivity index (χ4v) is 5.14. The van der Waals surface area contributed by atoms with Crippen molar-refractivity contribution in [1.82, 2.24) is 20.1 Å². The Bertz CT molecular complexity index is 1370. The van der Waals surface area contributed by atoms with Crippen molar-refractivity contribution in [3.63, 3.8) is 0 Å². The molecule has 0 unspecified atom stereocenters. The lowest BCUT2D eigenvalue weighted by Crippen LogP contribution is -2.29. The predicted octanol–water partition coefficient (Wildman–Crippen LogP) is 7.11. The van der Waals surface area contributed by atoms with Gasteiger partial charge in [-0.25, -0.2) is 4.79 Å². The number of urea groups is 1. The van der Waals surface area contributed by atoms with Crippen molar-refractivity contribution in [2.45, 2.75) is 38.2 Å². The molecule has 0 saturated heterocycles. The number of nitrogens with zero attached hydrogens (tertiary/aromatic N) is 3. The molecule has 0 spiro atoms. The third kappa shape index (κ3) is 6.17.